The number of piperazine rings is 1. The summed E-state index contributed by atoms with van der Waals surface area (Å²) in [5.74, 6) is -1.83. The van der Waals surface area contributed by atoms with Gasteiger partial charge in [-0.15, -0.1) is 0 Å². The summed E-state index contributed by atoms with van der Waals surface area (Å²) in [5, 5.41) is 0.493. The zero-order valence-electron chi connectivity index (χ0n) is 36.5. The fraction of sp³-hybridized carbons (Fsp3) is 0.643. The Kier molecular flexibility index (Phi) is 14.0. The molecule has 1 spiro atoms. The molecule has 4 aliphatic heterocycles. The van der Waals surface area contributed by atoms with Gasteiger partial charge in [0.1, 0.15) is 53.4 Å². The number of anilines is 1. The Morgan fingerprint density at radius 2 is 1.64 bits per heavy atom. The number of hydrogen-bond acceptors (Lipinski definition) is 16. The summed E-state index contributed by atoms with van der Waals surface area (Å²) < 4.78 is 97.9. The number of hydrogen-bond donors (Lipinski definition) is 0. The van der Waals surface area contributed by atoms with E-state index in [2.05, 4.69) is 14.9 Å². The quantitative estimate of drug-likeness (QED) is 0.0669. The molecule has 4 saturated heterocycles. The van der Waals surface area contributed by atoms with Crippen LogP contribution in [0, 0.1) is 5.82 Å². The van der Waals surface area contributed by atoms with Crippen LogP contribution in [0.2, 0.25) is 5.02 Å². The molecule has 6 heterocycles. The van der Waals surface area contributed by atoms with Crippen molar-refractivity contribution in [2.75, 3.05) is 96.2 Å². The third kappa shape index (κ3) is 9.57. The average Bonchev–Trinajstić information content (AvgIpc) is 3.91. The van der Waals surface area contributed by atoms with E-state index in [1.165, 1.54) is 18.3 Å². The summed E-state index contributed by atoms with van der Waals surface area (Å²) in [6.07, 6.45) is 2.90. The van der Waals surface area contributed by atoms with Crippen molar-refractivity contribution in [2.45, 2.75) is 83.0 Å². The number of benzene rings is 1. The predicted octanol–water partition coefficient (Wildman–Crippen LogP) is 7.17. The maximum atomic E-state index is 17.5. The normalized spacial score (nSPS) is 22.3. The van der Waals surface area contributed by atoms with E-state index in [-0.39, 0.29) is 111 Å². The first-order chi connectivity index (χ1) is 30.7. The molecule has 0 bridgehead atoms. The van der Waals surface area contributed by atoms with E-state index in [1.807, 2.05) is 4.90 Å². The molecular formula is C42H55ClF2N6O11P2. The molecule has 3 aromatic rings. The largest absolute Gasteiger partial charge is 0.461 e. The molecule has 64 heavy (non-hydrogen) atoms. The number of rotatable bonds is 19. The molecule has 0 radical (unpaired) electrons. The Morgan fingerprint density at radius 3 is 2.28 bits per heavy atom. The van der Waals surface area contributed by atoms with Gasteiger partial charge in [0, 0.05) is 49.4 Å². The van der Waals surface area contributed by atoms with Crippen LogP contribution in [0.4, 0.5) is 14.6 Å². The predicted molar refractivity (Wildman–Crippen MR) is 233 cm³/mol. The number of alkyl halides is 1. The third-order valence-corrected chi connectivity index (χ3v) is 16.6. The molecule has 1 aliphatic carbocycles. The minimum Gasteiger partial charge on any atom is -0.461 e. The second-order valence-electron chi connectivity index (χ2n) is 16.9. The smallest absolute Gasteiger partial charge is 0.341 e. The maximum absolute atomic E-state index is 17.5. The number of fused-ring (bicyclic) bond motifs is 2. The Hall–Kier alpha value is -3.38. The monoisotopic (exact) mass is 954 g/mol. The molecule has 22 heteroatoms. The van der Waals surface area contributed by atoms with Crippen LogP contribution >= 0.6 is 26.8 Å². The number of pyridine rings is 1. The third-order valence-electron chi connectivity index (χ3n) is 12.4. The first-order valence-electron chi connectivity index (χ1n) is 22.0. The van der Waals surface area contributed by atoms with Crippen LogP contribution in [0.3, 0.4) is 0 Å². The van der Waals surface area contributed by atoms with Gasteiger partial charge in [-0.25, -0.2) is 8.78 Å². The molecule has 2 atom stereocenters. The highest BCUT2D eigenvalue weighted by Crippen LogP contribution is 2.52. The molecule has 8 rings (SSSR count). The Labute approximate surface area is 375 Å². The molecule has 1 aromatic carbocycles. The van der Waals surface area contributed by atoms with Gasteiger partial charge in [0.05, 0.1) is 50.6 Å². The zero-order chi connectivity index (χ0) is 45.4. The number of aromatic nitrogens is 3. The van der Waals surface area contributed by atoms with Crippen molar-refractivity contribution in [1.29, 1.82) is 0 Å². The highest BCUT2D eigenvalue weighted by molar-refractivity contribution is 7.55. The Bertz CT molecular complexity index is 2340. The van der Waals surface area contributed by atoms with Gasteiger partial charge in [-0.3, -0.25) is 28.6 Å². The second kappa shape index (κ2) is 19.1. The fourth-order valence-corrected chi connectivity index (χ4v) is 12.9. The van der Waals surface area contributed by atoms with Crippen molar-refractivity contribution in [2.24, 2.45) is 0 Å². The van der Waals surface area contributed by atoms with E-state index in [0.29, 0.717) is 24.3 Å². The Balaban J connectivity index is 1.16. The second-order valence-corrected chi connectivity index (χ2v) is 21.4. The van der Waals surface area contributed by atoms with E-state index in [9.17, 15) is 23.1 Å². The molecule has 2 aromatic heterocycles. The topological polar surface area (TPSA) is 181 Å². The van der Waals surface area contributed by atoms with Gasteiger partial charge in [-0.2, -0.15) is 9.97 Å². The van der Waals surface area contributed by atoms with Crippen LogP contribution in [-0.2, 0) is 41.6 Å². The lowest BCUT2D eigenvalue weighted by atomic mass is 9.91. The van der Waals surface area contributed by atoms with Crippen molar-refractivity contribution in [3.63, 3.8) is 0 Å². The van der Waals surface area contributed by atoms with Gasteiger partial charge in [-0.1, -0.05) is 11.6 Å². The van der Waals surface area contributed by atoms with E-state index in [4.69, 9.17) is 48.9 Å². The summed E-state index contributed by atoms with van der Waals surface area (Å²) in [5.41, 5.74) is -0.689. The fourth-order valence-electron chi connectivity index (χ4n) is 9.55. The summed E-state index contributed by atoms with van der Waals surface area (Å²) >= 11 is 6.87. The molecule has 1 saturated carbocycles. The van der Waals surface area contributed by atoms with Crippen molar-refractivity contribution < 1.29 is 59.8 Å². The number of carbonyl (C=O) groups is 2. The highest BCUT2D eigenvalue weighted by atomic mass is 35.5. The molecule has 350 valence electrons. The molecule has 5 aliphatic rings. The molecule has 0 N–H and O–H groups in total. The number of nitrogens with zero attached hydrogens (tertiary/aromatic N) is 6. The van der Waals surface area contributed by atoms with Gasteiger partial charge < -0.3 is 42.1 Å². The number of halogens is 3. The van der Waals surface area contributed by atoms with Crippen LogP contribution in [0.1, 0.15) is 71.3 Å². The summed E-state index contributed by atoms with van der Waals surface area (Å²) in [6.45, 7) is 9.12. The zero-order valence-corrected chi connectivity index (χ0v) is 39.1. The highest BCUT2D eigenvalue weighted by Gasteiger charge is 2.52. The number of carbonyl (C=O) groups excluding carboxylic acids is 2. The van der Waals surface area contributed by atoms with E-state index in [0.717, 1.165) is 32.2 Å². The lowest BCUT2D eigenvalue weighted by Crippen LogP contribution is -2.73. The van der Waals surface area contributed by atoms with Gasteiger partial charge >= 0.3 is 27.2 Å². The van der Waals surface area contributed by atoms with Crippen molar-refractivity contribution in [1.82, 2.24) is 24.8 Å². The number of amides is 1. The van der Waals surface area contributed by atoms with Gasteiger partial charge in [0.2, 0.25) is 5.91 Å². The SMILES string of the molecule is CCOP(=O)(CC(=O)Oc1cc(Cl)c(C2CC2)c(-c2ncc3c(N4CCN(C(=O)CP(=O)(OCC)OCC)C5(COC5)C4)nc(OC[C@@]45CCCN4C[C@H](F)C5)nc3c2F)c1)OCC. The van der Waals surface area contributed by atoms with Crippen molar-refractivity contribution in [3.05, 3.63) is 34.7 Å². The van der Waals surface area contributed by atoms with E-state index >= 15 is 4.39 Å². The van der Waals surface area contributed by atoms with Crippen LogP contribution in [-0.4, -0.2) is 145 Å². The standard InChI is InChI=1S/C42H55ClF2N6O11P2/c1-5-58-63(54,59-6-2)21-33(52)51-15-14-49(23-42(51)24-56-25-42)39-31-19-46-37(36(45)38(31)47-40(48-39)57-26-41-12-9-13-50(41)20-28(44)18-41)30-16-29(17-32(43)35(30)27-10-11-27)62-34(53)22-64(55,60-7-3)61-8-4/h16-17,19,27-28H,5-15,18,20-26H2,1-4H3/t28-,41+/m1/s1. The average molecular weight is 955 g/mol. The minimum atomic E-state index is -3.80. The molecule has 5 fully saturated rings. The minimum absolute atomic E-state index is 0.00430. The first-order valence-corrected chi connectivity index (χ1v) is 25.8. The maximum Gasteiger partial charge on any atom is 0.341 e. The van der Waals surface area contributed by atoms with Crippen molar-refractivity contribution in [3.8, 4) is 23.0 Å². The lowest BCUT2D eigenvalue weighted by molar-refractivity contribution is -0.167. The van der Waals surface area contributed by atoms with Gasteiger partial charge in [-0.05, 0) is 83.5 Å². The molecule has 0 unspecified atom stereocenters. The summed E-state index contributed by atoms with van der Waals surface area (Å²) in [6, 6.07) is 2.82. The van der Waals surface area contributed by atoms with Crippen molar-refractivity contribution >= 4 is 55.4 Å². The van der Waals surface area contributed by atoms with Crippen LogP contribution in [0.5, 0.6) is 11.8 Å². The van der Waals surface area contributed by atoms with Crippen LogP contribution < -0.4 is 14.4 Å². The lowest BCUT2D eigenvalue weighted by Gasteiger charge is -2.55. The van der Waals surface area contributed by atoms with Crippen LogP contribution in [0.15, 0.2) is 18.3 Å². The van der Waals surface area contributed by atoms with E-state index < -0.39 is 62.5 Å². The van der Waals surface area contributed by atoms with E-state index in [1.54, 1.807) is 32.6 Å². The first kappa shape index (κ1) is 47.1. The molecular weight excluding hydrogens is 900 g/mol. The molecule has 17 nitrogen and oxygen atoms in total. The Morgan fingerprint density at radius 1 is 0.953 bits per heavy atom. The van der Waals surface area contributed by atoms with Gasteiger partial charge in [0.15, 0.2) is 5.82 Å². The number of ether oxygens (including phenoxy) is 3. The summed E-state index contributed by atoms with van der Waals surface area (Å²) in [4.78, 5) is 46.8. The van der Waals surface area contributed by atoms with Crippen LogP contribution in [0.25, 0.3) is 22.2 Å². The number of esters is 1. The summed E-state index contributed by atoms with van der Waals surface area (Å²) in [7, 11) is -7.51. The molecule has 1 amide bonds. The van der Waals surface area contributed by atoms with Gasteiger partial charge in [0.25, 0.3) is 0 Å².